The summed E-state index contributed by atoms with van der Waals surface area (Å²) in [7, 11) is 0. The molecule has 2 rings (SSSR count). The van der Waals surface area contributed by atoms with E-state index in [1.54, 1.807) is 6.92 Å². The first kappa shape index (κ1) is 20.5. The highest BCUT2D eigenvalue weighted by Gasteiger charge is 2.26. The molecule has 1 atom stereocenters. The molecule has 1 N–H and O–H groups in total. The smallest absolute Gasteiger partial charge is 0.355 e. The molecule has 0 radical (unpaired) electrons. The molecule has 0 bridgehead atoms. The van der Waals surface area contributed by atoms with E-state index in [1.807, 2.05) is 32.6 Å². The predicted molar refractivity (Wildman–Crippen MR) is 100 cm³/mol. The van der Waals surface area contributed by atoms with E-state index >= 15 is 0 Å². The van der Waals surface area contributed by atoms with Crippen molar-refractivity contribution in [1.29, 1.82) is 0 Å². The van der Waals surface area contributed by atoms with Crippen molar-refractivity contribution in [2.24, 2.45) is 5.92 Å². The van der Waals surface area contributed by atoms with Gasteiger partial charge in [0.15, 0.2) is 0 Å². The fourth-order valence-corrected chi connectivity index (χ4v) is 3.39. The largest absolute Gasteiger partial charge is 0.461 e. The van der Waals surface area contributed by atoms with E-state index in [4.69, 9.17) is 9.47 Å². The van der Waals surface area contributed by atoms with Crippen molar-refractivity contribution < 1.29 is 19.1 Å². The highest BCUT2D eigenvalue weighted by Crippen LogP contribution is 2.23. The molecule has 1 aliphatic heterocycles. The molecule has 6 heteroatoms. The number of aromatic nitrogens is 1. The molecule has 1 saturated heterocycles. The van der Waals surface area contributed by atoms with Gasteiger partial charge in [-0.25, -0.2) is 4.79 Å². The van der Waals surface area contributed by atoms with Crippen LogP contribution in [0.3, 0.4) is 0 Å². The van der Waals surface area contributed by atoms with Gasteiger partial charge in [-0.15, -0.1) is 0 Å². The maximum atomic E-state index is 12.8. The fourth-order valence-electron chi connectivity index (χ4n) is 3.39. The lowest BCUT2D eigenvalue weighted by Crippen LogP contribution is -2.37. The van der Waals surface area contributed by atoms with Gasteiger partial charge in [0.1, 0.15) is 5.69 Å². The van der Waals surface area contributed by atoms with Crippen LogP contribution in [0.15, 0.2) is 0 Å². The second kappa shape index (κ2) is 9.21. The van der Waals surface area contributed by atoms with Gasteiger partial charge < -0.3 is 19.4 Å². The van der Waals surface area contributed by atoms with E-state index in [0.717, 1.165) is 36.3 Å². The van der Waals surface area contributed by atoms with Gasteiger partial charge in [0.2, 0.25) is 5.91 Å². The minimum Gasteiger partial charge on any atom is -0.461 e. The Morgan fingerprint density at radius 2 is 2.08 bits per heavy atom. The van der Waals surface area contributed by atoms with E-state index in [9.17, 15) is 9.59 Å². The molecule has 6 nitrogen and oxygen atoms in total. The lowest BCUT2D eigenvalue weighted by atomic mass is 10.1. The Labute approximate surface area is 156 Å². The number of aryl methyl sites for hydroxylation is 1. The highest BCUT2D eigenvalue weighted by molar-refractivity contribution is 5.90. The average Bonchev–Trinajstić information content (AvgIpc) is 3.16. The maximum absolute atomic E-state index is 12.8. The molecule has 2 heterocycles. The number of carbonyl (C=O) groups is 2. The second-order valence-electron chi connectivity index (χ2n) is 7.46. The fraction of sp³-hybridized carbons (Fsp3) is 0.700. The van der Waals surface area contributed by atoms with Crippen molar-refractivity contribution in [3.05, 3.63) is 22.5 Å². The number of rotatable bonds is 8. The van der Waals surface area contributed by atoms with Gasteiger partial charge in [-0.3, -0.25) is 4.79 Å². The third kappa shape index (κ3) is 5.10. The summed E-state index contributed by atoms with van der Waals surface area (Å²) >= 11 is 0. The van der Waals surface area contributed by atoms with E-state index in [1.165, 1.54) is 0 Å². The molecule has 0 saturated carbocycles. The van der Waals surface area contributed by atoms with Gasteiger partial charge in [-0.2, -0.15) is 0 Å². The molecule has 0 aromatic carbocycles. The zero-order valence-electron chi connectivity index (χ0n) is 16.7. The van der Waals surface area contributed by atoms with Crippen molar-refractivity contribution in [2.45, 2.75) is 66.5 Å². The van der Waals surface area contributed by atoms with E-state index in [-0.39, 0.29) is 18.0 Å². The number of H-pyrrole nitrogens is 1. The zero-order valence-corrected chi connectivity index (χ0v) is 16.7. The lowest BCUT2D eigenvalue weighted by Gasteiger charge is -2.27. The number of esters is 1. The molecule has 1 aliphatic rings. The quantitative estimate of drug-likeness (QED) is 0.718. The van der Waals surface area contributed by atoms with Crippen LogP contribution in [-0.4, -0.2) is 47.6 Å². The topological polar surface area (TPSA) is 71.6 Å². The van der Waals surface area contributed by atoms with Crippen molar-refractivity contribution >= 4 is 11.9 Å². The Morgan fingerprint density at radius 3 is 2.65 bits per heavy atom. The normalized spacial score (nSPS) is 16.9. The number of hydrogen-bond acceptors (Lipinski definition) is 4. The molecule has 1 aromatic heterocycles. The van der Waals surface area contributed by atoms with Gasteiger partial charge in [0.05, 0.1) is 12.7 Å². The van der Waals surface area contributed by atoms with Gasteiger partial charge in [-0.05, 0) is 50.7 Å². The van der Waals surface area contributed by atoms with Crippen molar-refractivity contribution in [3.63, 3.8) is 0 Å². The van der Waals surface area contributed by atoms with Gasteiger partial charge in [0, 0.05) is 31.8 Å². The summed E-state index contributed by atoms with van der Waals surface area (Å²) in [5, 5.41) is 0. The van der Waals surface area contributed by atoms with Crippen LogP contribution in [0.25, 0.3) is 0 Å². The van der Waals surface area contributed by atoms with Crippen LogP contribution in [0.1, 0.15) is 67.3 Å². The zero-order chi connectivity index (χ0) is 19.3. The van der Waals surface area contributed by atoms with Crippen molar-refractivity contribution in [2.75, 3.05) is 19.8 Å². The number of carbonyl (C=O) groups excluding carboxylic acids is 2. The van der Waals surface area contributed by atoms with Gasteiger partial charge in [-0.1, -0.05) is 13.8 Å². The number of nitrogens with zero attached hydrogens (tertiary/aromatic N) is 1. The molecule has 0 spiro atoms. The van der Waals surface area contributed by atoms with E-state index < -0.39 is 0 Å². The second-order valence-corrected chi connectivity index (χ2v) is 7.46. The van der Waals surface area contributed by atoms with Crippen LogP contribution in [0.2, 0.25) is 0 Å². The highest BCUT2D eigenvalue weighted by atomic mass is 16.5. The van der Waals surface area contributed by atoms with E-state index in [0.29, 0.717) is 37.7 Å². The average molecular weight is 364 g/mol. The van der Waals surface area contributed by atoms with Crippen LogP contribution >= 0.6 is 0 Å². The first-order valence-electron chi connectivity index (χ1n) is 9.58. The van der Waals surface area contributed by atoms with Crippen LogP contribution in [0, 0.1) is 19.8 Å². The van der Waals surface area contributed by atoms with Crippen molar-refractivity contribution in [1.82, 2.24) is 9.88 Å². The van der Waals surface area contributed by atoms with Crippen LogP contribution in [-0.2, 0) is 20.8 Å². The summed E-state index contributed by atoms with van der Waals surface area (Å²) in [4.78, 5) is 29.9. The van der Waals surface area contributed by atoms with Gasteiger partial charge in [0.25, 0.3) is 0 Å². The summed E-state index contributed by atoms with van der Waals surface area (Å²) < 4.78 is 10.9. The molecule has 1 fully saturated rings. The molecular weight excluding hydrogens is 332 g/mol. The number of hydrogen-bond donors (Lipinski definition) is 1. The maximum Gasteiger partial charge on any atom is 0.355 e. The number of ether oxygens (including phenoxy) is 2. The SMILES string of the molecule is CCOC(=O)c1[nH]c(C)c(CN(C[C@@H]2CCCO2)C(=O)CC(C)C)c1C. The minimum absolute atomic E-state index is 0.107. The van der Waals surface area contributed by atoms with Crippen LogP contribution in [0.4, 0.5) is 0 Å². The monoisotopic (exact) mass is 364 g/mol. The molecule has 146 valence electrons. The van der Waals surface area contributed by atoms with Crippen molar-refractivity contribution in [3.8, 4) is 0 Å². The number of aromatic amines is 1. The summed E-state index contributed by atoms with van der Waals surface area (Å²) in [6.45, 7) is 11.9. The van der Waals surface area contributed by atoms with Gasteiger partial charge >= 0.3 is 5.97 Å². The summed E-state index contributed by atoms with van der Waals surface area (Å²) in [5.41, 5.74) is 3.23. The van der Waals surface area contributed by atoms with Crippen LogP contribution in [0.5, 0.6) is 0 Å². The Kier molecular flexibility index (Phi) is 7.26. The van der Waals surface area contributed by atoms with Crippen LogP contribution < -0.4 is 0 Å². The third-order valence-electron chi connectivity index (χ3n) is 4.80. The number of nitrogens with one attached hydrogen (secondary N) is 1. The van der Waals surface area contributed by atoms with E-state index in [2.05, 4.69) is 4.98 Å². The first-order valence-corrected chi connectivity index (χ1v) is 9.58. The third-order valence-corrected chi connectivity index (χ3v) is 4.80. The minimum atomic E-state index is -0.349. The molecule has 0 aliphatic carbocycles. The summed E-state index contributed by atoms with van der Waals surface area (Å²) in [6, 6.07) is 0. The molecular formula is C20H32N2O4. The molecule has 26 heavy (non-hydrogen) atoms. The predicted octanol–water partition coefficient (Wildman–Crippen LogP) is 3.36. The molecule has 1 aromatic rings. The Hall–Kier alpha value is -1.82. The Balaban J connectivity index is 2.20. The first-order chi connectivity index (χ1) is 12.3. The Bertz CT molecular complexity index is 630. The molecule has 0 unspecified atom stereocenters. The lowest BCUT2D eigenvalue weighted by molar-refractivity contribution is -0.134. The Morgan fingerprint density at radius 1 is 1.35 bits per heavy atom. The summed E-state index contributed by atoms with van der Waals surface area (Å²) in [6.07, 6.45) is 2.66. The molecule has 1 amide bonds. The summed E-state index contributed by atoms with van der Waals surface area (Å²) in [5.74, 6) is 0.0877. The standard InChI is InChI=1S/C20H32N2O4/c1-6-25-20(24)19-14(4)17(15(5)21-19)12-22(18(23)10-13(2)3)11-16-8-7-9-26-16/h13,16,21H,6-12H2,1-5H3/t16-/m0/s1. The number of amides is 1.